The van der Waals surface area contributed by atoms with E-state index < -0.39 is 28.4 Å². The second-order valence-electron chi connectivity index (χ2n) is 8.13. The molecule has 184 valence electrons. The maximum atomic E-state index is 13.6. The van der Waals surface area contributed by atoms with Crippen molar-refractivity contribution in [3.63, 3.8) is 0 Å². The number of sulfonamides is 1. The van der Waals surface area contributed by atoms with Crippen molar-refractivity contribution in [2.24, 2.45) is 0 Å². The van der Waals surface area contributed by atoms with Crippen molar-refractivity contribution in [3.8, 4) is 0 Å². The van der Waals surface area contributed by atoms with Crippen LogP contribution in [0.5, 0.6) is 0 Å². The van der Waals surface area contributed by atoms with Crippen LogP contribution in [0.3, 0.4) is 0 Å². The van der Waals surface area contributed by atoms with Crippen molar-refractivity contribution in [2.45, 2.75) is 38.0 Å². The van der Waals surface area contributed by atoms with E-state index in [-0.39, 0.29) is 11.5 Å². The Balaban J connectivity index is 1.66. The third-order valence-electron chi connectivity index (χ3n) is 5.66. The average molecular weight is 578 g/mol. The summed E-state index contributed by atoms with van der Waals surface area (Å²) in [6, 6.07) is 13.2. The molecule has 0 fully saturated rings. The van der Waals surface area contributed by atoms with Crippen LogP contribution in [0.1, 0.15) is 39.7 Å². The molecule has 0 radical (unpaired) electrons. The number of anilines is 2. The molecule has 0 bridgehead atoms. The molecule has 0 aliphatic heterocycles. The predicted molar refractivity (Wildman–Crippen MR) is 141 cm³/mol. The zero-order valence-corrected chi connectivity index (χ0v) is 22.6. The Hall–Kier alpha value is -2.69. The molecular weight excluding hydrogens is 552 g/mol. The molecule has 1 amide bonds. The van der Waals surface area contributed by atoms with Crippen LogP contribution in [-0.2, 0) is 32.4 Å². The number of esters is 1. The Morgan fingerprint density at radius 3 is 2.43 bits per heavy atom. The number of thiophene rings is 1. The van der Waals surface area contributed by atoms with Crippen molar-refractivity contribution in [3.05, 3.63) is 74.6 Å². The molecular formula is C25H25BrN2O5S2. The molecule has 4 rings (SSSR count). The maximum Gasteiger partial charge on any atom is 0.341 e. The normalized spacial score (nSPS) is 12.8. The highest BCUT2D eigenvalue weighted by Gasteiger charge is 2.31. The first kappa shape index (κ1) is 25.4. The highest BCUT2D eigenvalue weighted by Crippen LogP contribution is 2.39. The van der Waals surface area contributed by atoms with E-state index in [1.807, 2.05) is 6.92 Å². The zero-order valence-electron chi connectivity index (χ0n) is 19.3. The number of halogens is 1. The fraction of sp³-hybridized carbons (Fsp3) is 0.280. The number of carbonyl (C=O) groups excluding carboxylic acids is 2. The third kappa shape index (κ3) is 5.44. The fourth-order valence-corrected chi connectivity index (χ4v) is 6.95. The van der Waals surface area contributed by atoms with E-state index in [1.165, 1.54) is 23.5 Å². The van der Waals surface area contributed by atoms with Gasteiger partial charge in [-0.2, -0.15) is 0 Å². The number of nitrogens with one attached hydrogen (secondary N) is 1. The summed E-state index contributed by atoms with van der Waals surface area (Å²) in [4.78, 5) is 27.0. The van der Waals surface area contributed by atoms with Gasteiger partial charge < -0.3 is 10.1 Å². The molecule has 10 heteroatoms. The van der Waals surface area contributed by atoms with Crippen molar-refractivity contribution in [1.82, 2.24) is 0 Å². The van der Waals surface area contributed by atoms with Gasteiger partial charge in [-0.05, 0) is 75.1 Å². The van der Waals surface area contributed by atoms with Gasteiger partial charge in [0, 0.05) is 9.35 Å². The zero-order chi connectivity index (χ0) is 25.2. The number of carbonyl (C=O) groups is 2. The lowest BCUT2D eigenvalue weighted by molar-refractivity contribution is -0.114. The minimum atomic E-state index is -4.03. The van der Waals surface area contributed by atoms with Gasteiger partial charge >= 0.3 is 5.97 Å². The van der Waals surface area contributed by atoms with Crippen LogP contribution in [0.2, 0.25) is 0 Å². The smallest absolute Gasteiger partial charge is 0.341 e. The van der Waals surface area contributed by atoms with Crippen LogP contribution in [0, 0.1) is 6.92 Å². The molecule has 35 heavy (non-hydrogen) atoms. The van der Waals surface area contributed by atoms with E-state index in [1.54, 1.807) is 43.3 Å². The lowest BCUT2D eigenvalue weighted by Crippen LogP contribution is -2.38. The molecule has 7 nitrogen and oxygen atoms in total. The standard InChI is InChI=1S/C25H25BrN2O5S2/c1-3-33-25(30)23-20-5-4-6-21(20)34-24(23)27-22(29)15-28(18-11-9-17(26)10-12-18)35(31,32)19-13-7-16(2)8-14-19/h7-14H,3-6,15H2,1-2H3,(H,27,29). The highest BCUT2D eigenvalue weighted by atomic mass is 79.9. The van der Waals surface area contributed by atoms with Gasteiger partial charge in [0.1, 0.15) is 11.5 Å². The summed E-state index contributed by atoms with van der Waals surface area (Å²) >= 11 is 4.71. The molecule has 3 aromatic rings. The van der Waals surface area contributed by atoms with Crippen LogP contribution in [0.4, 0.5) is 10.7 Å². The van der Waals surface area contributed by atoms with E-state index in [0.717, 1.165) is 44.0 Å². The van der Waals surface area contributed by atoms with E-state index in [9.17, 15) is 18.0 Å². The average Bonchev–Trinajstić information content (AvgIpc) is 3.39. The van der Waals surface area contributed by atoms with Crippen LogP contribution in [0.15, 0.2) is 57.9 Å². The molecule has 0 saturated heterocycles. The lowest BCUT2D eigenvalue weighted by atomic mass is 10.1. The first-order chi connectivity index (χ1) is 16.7. The summed E-state index contributed by atoms with van der Waals surface area (Å²) in [6.07, 6.45) is 2.55. The third-order valence-corrected chi connectivity index (χ3v) is 9.19. The molecule has 0 unspecified atom stereocenters. The van der Waals surface area contributed by atoms with Crippen molar-refractivity contribution >= 4 is 59.9 Å². The number of hydrogen-bond acceptors (Lipinski definition) is 6. The number of rotatable bonds is 8. The van der Waals surface area contributed by atoms with Gasteiger partial charge in [0.15, 0.2) is 0 Å². The predicted octanol–water partition coefficient (Wildman–Crippen LogP) is 5.32. The van der Waals surface area contributed by atoms with Gasteiger partial charge in [-0.15, -0.1) is 11.3 Å². The van der Waals surface area contributed by atoms with Crippen molar-refractivity contribution in [1.29, 1.82) is 0 Å². The van der Waals surface area contributed by atoms with Gasteiger partial charge in [-0.1, -0.05) is 33.6 Å². The Kier molecular flexibility index (Phi) is 7.63. The topological polar surface area (TPSA) is 92.8 Å². The molecule has 0 atom stereocenters. The number of fused-ring (bicyclic) bond motifs is 1. The number of nitrogens with zero attached hydrogens (tertiary/aromatic N) is 1. The minimum absolute atomic E-state index is 0.0844. The Morgan fingerprint density at radius 2 is 1.77 bits per heavy atom. The van der Waals surface area contributed by atoms with Gasteiger partial charge in [0.2, 0.25) is 5.91 Å². The fourth-order valence-electron chi connectivity index (χ4n) is 3.97. The van der Waals surface area contributed by atoms with Crippen molar-refractivity contribution in [2.75, 3.05) is 22.8 Å². The summed E-state index contributed by atoms with van der Waals surface area (Å²) < 4.78 is 34.2. The van der Waals surface area contributed by atoms with Crippen LogP contribution < -0.4 is 9.62 Å². The van der Waals surface area contributed by atoms with E-state index in [4.69, 9.17) is 4.74 Å². The van der Waals surface area contributed by atoms with Gasteiger partial charge in [-0.3, -0.25) is 9.10 Å². The van der Waals surface area contributed by atoms with Crippen LogP contribution in [-0.4, -0.2) is 33.4 Å². The van der Waals surface area contributed by atoms with E-state index >= 15 is 0 Å². The Morgan fingerprint density at radius 1 is 1.09 bits per heavy atom. The largest absolute Gasteiger partial charge is 0.462 e. The summed E-state index contributed by atoms with van der Waals surface area (Å²) in [5.41, 5.74) is 2.58. The Bertz CT molecular complexity index is 1350. The Labute approximate surface area is 217 Å². The SMILES string of the molecule is CCOC(=O)c1c(NC(=O)CN(c2ccc(Br)cc2)S(=O)(=O)c2ccc(C)cc2)sc2c1CCC2. The molecule has 0 saturated carbocycles. The molecule has 1 heterocycles. The minimum Gasteiger partial charge on any atom is -0.462 e. The molecule has 1 aliphatic carbocycles. The van der Waals surface area contributed by atoms with Crippen LogP contribution >= 0.6 is 27.3 Å². The number of amides is 1. The van der Waals surface area contributed by atoms with E-state index in [2.05, 4.69) is 21.2 Å². The molecule has 1 N–H and O–H groups in total. The first-order valence-electron chi connectivity index (χ1n) is 11.2. The van der Waals surface area contributed by atoms with Gasteiger partial charge in [0.25, 0.3) is 10.0 Å². The van der Waals surface area contributed by atoms with Gasteiger partial charge in [-0.25, -0.2) is 13.2 Å². The summed E-state index contributed by atoms with van der Waals surface area (Å²) in [5.74, 6) is -1.02. The molecule has 2 aromatic carbocycles. The number of hydrogen-bond donors (Lipinski definition) is 1. The monoisotopic (exact) mass is 576 g/mol. The second-order valence-corrected chi connectivity index (χ2v) is 12.0. The quantitative estimate of drug-likeness (QED) is 0.366. The van der Waals surface area contributed by atoms with Gasteiger partial charge in [0.05, 0.1) is 22.8 Å². The number of aryl methyl sites for hydroxylation is 2. The highest BCUT2D eigenvalue weighted by molar-refractivity contribution is 9.10. The first-order valence-corrected chi connectivity index (χ1v) is 14.2. The summed E-state index contributed by atoms with van der Waals surface area (Å²) in [5, 5.41) is 3.19. The summed E-state index contributed by atoms with van der Waals surface area (Å²) in [7, 11) is -4.03. The molecule has 1 aliphatic rings. The van der Waals surface area contributed by atoms with Crippen LogP contribution in [0.25, 0.3) is 0 Å². The van der Waals surface area contributed by atoms with E-state index in [0.29, 0.717) is 16.3 Å². The van der Waals surface area contributed by atoms with Crippen molar-refractivity contribution < 1.29 is 22.7 Å². The number of ether oxygens (including phenoxy) is 1. The molecule has 1 aromatic heterocycles. The maximum absolute atomic E-state index is 13.6. The summed E-state index contributed by atoms with van der Waals surface area (Å²) in [6.45, 7) is 3.37. The second kappa shape index (κ2) is 10.5. The number of benzene rings is 2. The lowest BCUT2D eigenvalue weighted by Gasteiger charge is -2.24. The molecule has 0 spiro atoms.